The van der Waals surface area contributed by atoms with Gasteiger partial charge in [-0.1, -0.05) is 73.1 Å². The molecule has 1 aromatic carbocycles. The van der Waals surface area contributed by atoms with Crippen LogP contribution in [0.15, 0.2) is 24.3 Å². The molecule has 9 heteroatoms. The maximum atomic E-state index is 12.1. The van der Waals surface area contributed by atoms with Crippen molar-refractivity contribution in [1.82, 2.24) is 10.6 Å². The summed E-state index contributed by atoms with van der Waals surface area (Å²) in [5.41, 5.74) is 0.654. The monoisotopic (exact) mass is 439 g/mol. The summed E-state index contributed by atoms with van der Waals surface area (Å²) in [6.45, 7) is 2.11. The molecule has 0 aromatic heterocycles. The summed E-state index contributed by atoms with van der Waals surface area (Å²) in [5, 5.41) is 8.66. The Hall–Kier alpha value is -0.950. The third-order valence-electron chi connectivity index (χ3n) is 3.52. The van der Waals surface area contributed by atoms with Gasteiger partial charge >= 0.3 is 0 Å². The molecular formula is C17H24Cl3N3O2S. The first-order chi connectivity index (χ1) is 12.3. The molecule has 0 heterocycles. The van der Waals surface area contributed by atoms with Gasteiger partial charge in [-0.3, -0.25) is 4.79 Å². The average Bonchev–Trinajstić information content (AvgIpc) is 2.58. The molecule has 1 atom stereocenters. The molecule has 1 rings (SSSR count). The summed E-state index contributed by atoms with van der Waals surface area (Å²) >= 11 is 23.2. The Morgan fingerprint density at radius 1 is 1.19 bits per heavy atom. The van der Waals surface area contributed by atoms with E-state index in [9.17, 15) is 4.79 Å². The van der Waals surface area contributed by atoms with Crippen molar-refractivity contribution in [3.05, 3.63) is 24.3 Å². The largest absolute Gasteiger partial charge is 0.495 e. The number of unbranched alkanes of at least 4 members (excludes halogenated alkanes) is 3. The Bertz CT molecular complexity index is 597. The van der Waals surface area contributed by atoms with Crippen LogP contribution in [0.1, 0.15) is 39.0 Å². The maximum absolute atomic E-state index is 12.1. The number of benzene rings is 1. The summed E-state index contributed by atoms with van der Waals surface area (Å²) in [6, 6.07) is 7.25. The van der Waals surface area contributed by atoms with Gasteiger partial charge < -0.3 is 20.7 Å². The molecule has 0 spiro atoms. The second kappa shape index (κ2) is 11.7. The highest BCUT2D eigenvalue weighted by Gasteiger charge is 2.34. The molecule has 0 bridgehead atoms. The minimum absolute atomic E-state index is 0.192. The zero-order valence-electron chi connectivity index (χ0n) is 14.8. The highest BCUT2D eigenvalue weighted by Crippen LogP contribution is 2.29. The van der Waals surface area contributed by atoms with E-state index in [0.717, 1.165) is 25.7 Å². The van der Waals surface area contributed by atoms with E-state index in [-0.39, 0.29) is 11.0 Å². The number of amides is 1. The Balaban J connectivity index is 2.64. The lowest BCUT2D eigenvalue weighted by atomic mass is 10.1. The number of hydrogen-bond acceptors (Lipinski definition) is 3. The molecule has 0 saturated carbocycles. The Kier molecular flexibility index (Phi) is 10.4. The molecule has 0 aliphatic carbocycles. The van der Waals surface area contributed by atoms with E-state index in [2.05, 4.69) is 22.9 Å². The quantitative estimate of drug-likeness (QED) is 0.223. The number of hydrogen-bond donors (Lipinski definition) is 3. The average molecular weight is 441 g/mol. The predicted molar refractivity (Wildman–Crippen MR) is 113 cm³/mol. The van der Waals surface area contributed by atoms with Gasteiger partial charge in [0.25, 0.3) is 0 Å². The molecule has 1 aromatic rings. The topological polar surface area (TPSA) is 62.4 Å². The normalized spacial score (nSPS) is 12.2. The number of nitrogens with one attached hydrogen (secondary N) is 3. The van der Waals surface area contributed by atoms with Gasteiger partial charge in [-0.25, -0.2) is 0 Å². The van der Waals surface area contributed by atoms with Crippen molar-refractivity contribution in [2.45, 2.75) is 49.0 Å². The smallest absolute Gasteiger partial charge is 0.228 e. The first-order valence-corrected chi connectivity index (χ1v) is 9.88. The van der Waals surface area contributed by atoms with Crippen molar-refractivity contribution in [3.8, 4) is 5.75 Å². The first kappa shape index (κ1) is 23.1. The second-order valence-electron chi connectivity index (χ2n) is 5.65. The van der Waals surface area contributed by atoms with Crippen LogP contribution in [0.3, 0.4) is 0 Å². The molecule has 0 aliphatic heterocycles. The van der Waals surface area contributed by atoms with E-state index < -0.39 is 9.96 Å². The van der Waals surface area contributed by atoms with Gasteiger partial charge in [0.15, 0.2) is 5.11 Å². The molecule has 0 saturated heterocycles. The number of anilines is 1. The van der Waals surface area contributed by atoms with Crippen LogP contribution in [0.2, 0.25) is 0 Å². The van der Waals surface area contributed by atoms with Crippen LogP contribution in [0, 0.1) is 0 Å². The van der Waals surface area contributed by atoms with E-state index in [1.165, 1.54) is 0 Å². The van der Waals surface area contributed by atoms with Gasteiger partial charge in [-0.15, -0.1) is 0 Å². The number of halogens is 3. The number of ether oxygens (including phenoxy) is 1. The number of alkyl halides is 3. The number of thiocarbonyl (C=S) groups is 1. The highest BCUT2D eigenvalue weighted by atomic mass is 35.6. The number of methoxy groups -OCH3 is 1. The van der Waals surface area contributed by atoms with Gasteiger partial charge in [-0.2, -0.15) is 0 Å². The van der Waals surface area contributed by atoms with E-state index >= 15 is 0 Å². The van der Waals surface area contributed by atoms with Crippen LogP contribution in [0.25, 0.3) is 0 Å². The van der Waals surface area contributed by atoms with E-state index in [4.69, 9.17) is 51.8 Å². The fraction of sp³-hybridized carbons (Fsp3) is 0.529. The van der Waals surface area contributed by atoms with Crippen LogP contribution >= 0.6 is 47.0 Å². The second-order valence-corrected chi connectivity index (χ2v) is 8.43. The maximum Gasteiger partial charge on any atom is 0.228 e. The number of carbonyl (C=O) groups excluding carboxylic acids is 1. The van der Waals surface area contributed by atoms with Gasteiger partial charge in [-0.05, 0) is 30.8 Å². The Morgan fingerprint density at radius 3 is 2.50 bits per heavy atom. The fourth-order valence-electron chi connectivity index (χ4n) is 2.18. The minimum Gasteiger partial charge on any atom is -0.495 e. The van der Waals surface area contributed by atoms with Crippen molar-refractivity contribution in [1.29, 1.82) is 0 Å². The summed E-state index contributed by atoms with van der Waals surface area (Å²) < 4.78 is 3.48. The van der Waals surface area contributed by atoms with Crippen molar-refractivity contribution in [2.24, 2.45) is 0 Å². The zero-order chi connectivity index (χ0) is 19.6. The zero-order valence-corrected chi connectivity index (χ0v) is 17.9. The number of rotatable bonds is 9. The van der Waals surface area contributed by atoms with Gasteiger partial charge in [0.2, 0.25) is 9.70 Å². The van der Waals surface area contributed by atoms with Crippen LogP contribution in [-0.2, 0) is 4.79 Å². The SMILES string of the molecule is CCCCCCC(=O)N[C@@H](NC(=S)Nc1ccccc1OC)C(Cl)(Cl)Cl. The van der Waals surface area contributed by atoms with E-state index in [1.54, 1.807) is 19.2 Å². The van der Waals surface area contributed by atoms with Crippen LogP contribution in [0.4, 0.5) is 5.69 Å². The lowest BCUT2D eigenvalue weighted by Crippen LogP contribution is -2.56. The van der Waals surface area contributed by atoms with Gasteiger partial charge in [0, 0.05) is 6.42 Å². The molecule has 1 amide bonds. The van der Waals surface area contributed by atoms with Crippen molar-refractivity contribution >= 4 is 63.7 Å². The molecule has 0 fully saturated rings. The van der Waals surface area contributed by atoms with E-state index in [0.29, 0.717) is 17.9 Å². The molecule has 0 unspecified atom stereocenters. The molecule has 0 aliphatic rings. The summed E-state index contributed by atoms with van der Waals surface area (Å²) in [4.78, 5) is 12.1. The summed E-state index contributed by atoms with van der Waals surface area (Å²) in [7, 11) is 1.56. The third kappa shape index (κ3) is 8.62. The Morgan fingerprint density at radius 2 is 1.88 bits per heavy atom. The standard InChI is InChI=1S/C17H24Cl3N3O2S/c1-3-4-5-6-11-14(24)22-15(17(18,19)20)23-16(26)21-12-9-7-8-10-13(12)25-2/h7-10,15H,3-6,11H2,1-2H3,(H,22,24)(H2,21,23,26)/t15-/m0/s1. The summed E-state index contributed by atoms with van der Waals surface area (Å²) in [6.07, 6.45) is 3.36. The molecule has 5 nitrogen and oxygen atoms in total. The van der Waals surface area contributed by atoms with Crippen LogP contribution < -0.4 is 20.7 Å². The molecule has 146 valence electrons. The lowest BCUT2D eigenvalue weighted by molar-refractivity contribution is -0.122. The van der Waals surface area contributed by atoms with Crippen molar-refractivity contribution in [3.63, 3.8) is 0 Å². The first-order valence-electron chi connectivity index (χ1n) is 8.34. The Labute approximate surface area is 175 Å². The molecule has 0 radical (unpaired) electrons. The minimum atomic E-state index is -1.77. The fourth-order valence-corrected chi connectivity index (χ4v) is 2.74. The third-order valence-corrected chi connectivity index (χ3v) is 4.40. The lowest BCUT2D eigenvalue weighted by Gasteiger charge is -2.28. The number of carbonyl (C=O) groups is 1. The predicted octanol–water partition coefficient (Wildman–Crippen LogP) is 4.76. The van der Waals surface area contributed by atoms with E-state index in [1.807, 2.05) is 12.1 Å². The molecule has 26 heavy (non-hydrogen) atoms. The number of para-hydroxylation sites is 2. The van der Waals surface area contributed by atoms with Crippen molar-refractivity contribution in [2.75, 3.05) is 12.4 Å². The van der Waals surface area contributed by atoms with Gasteiger partial charge in [0.1, 0.15) is 11.9 Å². The van der Waals surface area contributed by atoms with Crippen molar-refractivity contribution < 1.29 is 9.53 Å². The molecular weight excluding hydrogens is 417 g/mol. The molecule has 3 N–H and O–H groups in total. The highest BCUT2D eigenvalue weighted by molar-refractivity contribution is 7.80. The van der Waals surface area contributed by atoms with Crippen LogP contribution in [-0.4, -0.2) is 28.1 Å². The van der Waals surface area contributed by atoms with Gasteiger partial charge in [0.05, 0.1) is 12.8 Å². The van der Waals surface area contributed by atoms with Crippen LogP contribution in [0.5, 0.6) is 5.75 Å². The summed E-state index contributed by atoms with van der Waals surface area (Å²) in [5.74, 6) is 0.409.